The van der Waals surface area contributed by atoms with E-state index >= 15 is 0 Å². The van der Waals surface area contributed by atoms with E-state index in [0.29, 0.717) is 23.7 Å². The monoisotopic (exact) mass is 432 g/mol. The Morgan fingerprint density at radius 2 is 1.07 bits per heavy atom. The Morgan fingerprint density at radius 1 is 0.700 bits per heavy atom. The highest BCUT2D eigenvalue weighted by Gasteiger charge is 2.67. The van der Waals surface area contributed by atoms with Crippen molar-refractivity contribution in [2.75, 3.05) is 0 Å². The molecular formula is C22H32F4N2O2. The summed E-state index contributed by atoms with van der Waals surface area (Å²) in [6, 6.07) is -1.24. The number of fused-ring (bicyclic) bond motifs is 4. The van der Waals surface area contributed by atoms with Crippen molar-refractivity contribution < 1.29 is 27.2 Å². The molecule has 0 heterocycles. The fourth-order valence-corrected chi connectivity index (χ4v) is 6.91. The average molecular weight is 433 g/mol. The fraction of sp³-hybridized carbons (Fsp3) is 0.909. The van der Waals surface area contributed by atoms with Crippen LogP contribution in [0.15, 0.2) is 0 Å². The smallest absolute Gasteiger partial charge is 0.348 e. The highest BCUT2D eigenvalue weighted by Crippen LogP contribution is 2.50. The number of rotatable bonds is 7. The standard InChI is InChI=1S/C22H32F4N2O2/c1-11(17-9-13-3-5-15(17)7-13)27-19(29)21(23,24)22(25,26)20(30)28-12(2)18-10-14-4-6-16(18)8-14/h11-18H,3-10H2,1-2H3,(H,27,29)(H,28,30)/t11-,12-,13+,14+,15+,16+,17-,18-/m0/s1. The van der Waals surface area contributed by atoms with Crippen LogP contribution in [-0.4, -0.2) is 35.7 Å². The molecule has 4 bridgehead atoms. The van der Waals surface area contributed by atoms with E-state index in [0.717, 1.165) is 51.4 Å². The van der Waals surface area contributed by atoms with Gasteiger partial charge in [-0.3, -0.25) is 9.59 Å². The van der Waals surface area contributed by atoms with Crippen LogP contribution < -0.4 is 10.6 Å². The number of carbonyl (C=O) groups excluding carboxylic acids is 2. The highest BCUT2D eigenvalue weighted by molar-refractivity contribution is 5.95. The van der Waals surface area contributed by atoms with E-state index in [9.17, 15) is 27.2 Å². The molecule has 0 aromatic carbocycles. The molecule has 30 heavy (non-hydrogen) atoms. The molecule has 0 spiro atoms. The lowest BCUT2D eigenvalue weighted by Crippen LogP contribution is -2.62. The Bertz CT molecular complexity index is 643. The van der Waals surface area contributed by atoms with Crippen LogP contribution in [0.2, 0.25) is 0 Å². The number of alkyl halides is 4. The Morgan fingerprint density at radius 3 is 1.33 bits per heavy atom. The summed E-state index contributed by atoms with van der Waals surface area (Å²) >= 11 is 0. The van der Waals surface area contributed by atoms with Gasteiger partial charge in [-0.1, -0.05) is 12.8 Å². The van der Waals surface area contributed by atoms with E-state index in [1.807, 2.05) is 0 Å². The summed E-state index contributed by atoms with van der Waals surface area (Å²) in [6.45, 7) is 3.18. The average Bonchev–Trinajstić information content (AvgIpc) is 3.47. The molecule has 0 aromatic rings. The van der Waals surface area contributed by atoms with Crippen LogP contribution in [0, 0.1) is 35.5 Å². The molecule has 4 aliphatic carbocycles. The summed E-state index contributed by atoms with van der Waals surface area (Å²) in [4.78, 5) is 24.2. The van der Waals surface area contributed by atoms with Gasteiger partial charge in [0.15, 0.2) is 0 Å². The summed E-state index contributed by atoms with van der Waals surface area (Å²) in [6.07, 6.45) is 7.89. The van der Waals surface area contributed by atoms with Gasteiger partial charge in [0, 0.05) is 12.1 Å². The van der Waals surface area contributed by atoms with Gasteiger partial charge in [-0.15, -0.1) is 0 Å². The third kappa shape index (κ3) is 3.62. The van der Waals surface area contributed by atoms with Crippen LogP contribution in [0.3, 0.4) is 0 Å². The summed E-state index contributed by atoms with van der Waals surface area (Å²) in [7, 11) is 0. The molecule has 170 valence electrons. The number of nitrogens with one attached hydrogen (secondary N) is 2. The van der Waals surface area contributed by atoms with E-state index in [1.165, 1.54) is 0 Å². The van der Waals surface area contributed by atoms with Gasteiger partial charge >= 0.3 is 11.8 Å². The lowest BCUT2D eigenvalue weighted by atomic mass is 9.83. The van der Waals surface area contributed by atoms with Gasteiger partial charge in [-0.2, -0.15) is 17.6 Å². The largest absolute Gasteiger partial charge is 0.395 e. The molecule has 4 fully saturated rings. The van der Waals surface area contributed by atoms with Crippen molar-refractivity contribution in [1.82, 2.24) is 10.6 Å². The molecule has 0 unspecified atom stereocenters. The first-order valence-electron chi connectivity index (χ1n) is 11.4. The van der Waals surface area contributed by atoms with Gasteiger partial charge in [0.2, 0.25) is 0 Å². The lowest BCUT2D eigenvalue weighted by Gasteiger charge is -2.33. The van der Waals surface area contributed by atoms with E-state index < -0.39 is 35.7 Å². The number of hydrogen-bond donors (Lipinski definition) is 2. The summed E-state index contributed by atoms with van der Waals surface area (Å²) in [5.41, 5.74) is 0. The Balaban J connectivity index is 1.36. The zero-order valence-electron chi connectivity index (χ0n) is 17.6. The van der Waals surface area contributed by atoms with Crippen LogP contribution in [0.25, 0.3) is 0 Å². The predicted octanol–water partition coefficient (Wildman–Crippen LogP) is 4.14. The third-order valence-electron chi connectivity index (χ3n) is 8.55. The second-order valence-corrected chi connectivity index (χ2v) is 10.4. The van der Waals surface area contributed by atoms with Gasteiger partial charge in [0.1, 0.15) is 0 Å². The second-order valence-electron chi connectivity index (χ2n) is 10.4. The Labute approximate surface area is 174 Å². The molecule has 0 saturated heterocycles. The maximum Gasteiger partial charge on any atom is 0.395 e. The van der Waals surface area contributed by atoms with Crippen molar-refractivity contribution in [2.45, 2.75) is 89.1 Å². The first kappa shape index (κ1) is 21.9. The van der Waals surface area contributed by atoms with E-state index in [1.54, 1.807) is 13.8 Å². The molecular weight excluding hydrogens is 400 g/mol. The zero-order chi connectivity index (χ0) is 21.8. The molecule has 0 radical (unpaired) electrons. The first-order valence-corrected chi connectivity index (χ1v) is 11.4. The minimum atomic E-state index is -5.10. The van der Waals surface area contributed by atoms with E-state index in [-0.39, 0.29) is 11.8 Å². The molecule has 2 N–H and O–H groups in total. The van der Waals surface area contributed by atoms with Crippen LogP contribution in [-0.2, 0) is 9.59 Å². The quantitative estimate of drug-likeness (QED) is 0.594. The van der Waals surface area contributed by atoms with Crippen molar-refractivity contribution >= 4 is 11.8 Å². The first-order chi connectivity index (χ1) is 14.0. The SMILES string of the molecule is C[C@H](NC(=O)C(F)(F)C(F)(F)C(=O)N[C@@H](C)[C@@H]1C[C@@H]2CC[C@@H]1C2)[C@@H]1C[C@@H]2CC[C@@H]1C2. The third-order valence-corrected chi connectivity index (χ3v) is 8.55. The summed E-state index contributed by atoms with van der Waals surface area (Å²) in [5.74, 6) is -12.5. The Kier molecular flexibility index (Phi) is 5.59. The van der Waals surface area contributed by atoms with Crippen LogP contribution >= 0.6 is 0 Å². The van der Waals surface area contributed by atoms with Crippen molar-refractivity contribution in [3.05, 3.63) is 0 Å². The number of hydrogen-bond acceptors (Lipinski definition) is 2. The molecule has 4 nitrogen and oxygen atoms in total. The van der Waals surface area contributed by atoms with Crippen molar-refractivity contribution in [3.8, 4) is 0 Å². The topological polar surface area (TPSA) is 58.2 Å². The van der Waals surface area contributed by atoms with E-state index in [2.05, 4.69) is 10.6 Å². The maximum atomic E-state index is 14.4. The van der Waals surface area contributed by atoms with Gasteiger partial charge < -0.3 is 10.6 Å². The van der Waals surface area contributed by atoms with Crippen molar-refractivity contribution in [3.63, 3.8) is 0 Å². The zero-order valence-corrected chi connectivity index (χ0v) is 17.6. The highest BCUT2D eigenvalue weighted by atomic mass is 19.3. The fourth-order valence-electron chi connectivity index (χ4n) is 6.91. The summed E-state index contributed by atoms with van der Waals surface area (Å²) in [5, 5.41) is 4.18. The van der Waals surface area contributed by atoms with Gasteiger partial charge in [0.05, 0.1) is 0 Å². The number of amides is 2. The maximum absolute atomic E-state index is 14.4. The molecule has 0 aliphatic heterocycles. The van der Waals surface area contributed by atoms with Crippen LogP contribution in [0.4, 0.5) is 17.6 Å². The minimum Gasteiger partial charge on any atom is -0.348 e. The lowest BCUT2D eigenvalue weighted by molar-refractivity contribution is -0.212. The van der Waals surface area contributed by atoms with Gasteiger partial charge in [0.25, 0.3) is 11.8 Å². The molecule has 4 aliphatic rings. The summed E-state index contributed by atoms with van der Waals surface area (Å²) < 4.78 is 57.7. The van der Waals surface area contributed by atoms with Crippen LogP contribution in [0.5, 0.6) is 0 Å². The van der Waals surface area contributed by atoms with E-state index in [4.69, 9.17) is 0 Å². The normalized spacial score (nSPS) is 37.3. The molecule has 0 aromatic heterocycles. The molecule has 8 atom stereocenters. The number of carbonyl (C=O) groups is 2. The van der Waals surface area contributed by atoms with Crippen molar-refractivity contribution in [2.24, 2.45) is 35.5 Å². The minimum absolute atomic E-state index is 0.0313. The molecule has 4 saturated carbocycles. The van der Waals surface area contributed by atoms with Crippen LogP contribution in [0.1, 0.15) is 65.2 Å². The predicted molar refractivity (Wildman–Crippen MR) is 103 cm³/mol. The molecule has 4 rings (SSSR count). The van der Waals surface area contributed by atoms with Crippen molar-refractivity contribution in [1.29, 1.82) is 0 Å². The van der Waals surface area contributed by atoms with Gasteiger partial charge in [-0.25, -0.2) is 0 Å². The van der Waals surface area contributed by atoms with Gasteiger partial charge in [-0.05, 0) is 87.9 Å². The Hall–Kier alpha value is -1.34. The number of halogens is 4. The second kappa shape index (κ2) is 7.66. The molecule has 2 amide bonds. The molecule has 8 heteroatoms.